The van der Waals surface area contributed by atoms with Gasteiger partial charge in [-0.15, -0.1) is 0 Å². The first-order chi connectivity index (χ1) is 11.0. The second-order valence-corrected chi connectivity index (χ2v) is 9.01. The fraction of sp³-hybridized carbons (Fsp3) is 1.00. The summed E-state index contributed by atoms with van der Waals surface area (Å²) >= 11 is 0. The van der Waals surface area contributed by atoms with Crippen molar-refractivity contribution in [1.82, 2.24) is 14.5 Å². The smallest absolute Gasteiger partial charge is 0.211 e. The zero-order valence-electron chi connectivity index (χ0n) is 14.7. The fourth-order valence-electron chi connectivity index (χ4n) is 3.40. The van der Waals surface area contributed by atoms with Gasteiger partial charge in [0.2, 0.25) is 10.0 Å². The van der Waals surface area contributed by atoms with Crippen LogP contribution >= 0.6 is 0 Å². The van der Waals surface area contributed by atoms with Crippen LogP contribution in [0, 0.1) is 5.92 Å². The fourth-order valence-corrected chi connectivity index (χ4v) is 4.00. The molecule has 0 aromatic rings. The molecule has 0 unspecified atom stereocenters. The summed E-state index contributed by atoms with van der Waals surface area (Å²) in [5.41, 5.74) is 0. The average Bonchev–Trinajstić information content (AvgIpc) is 2.55. The Bertz CT molecular complexity index is 428. The lowest BCUT2D eigenvalue weighted by Gasteiger charge is -2.36. The maximum absolute atomic E-state index is 11.3. The van der Waals surface area contributed by atoms with Gasteiger partial charge >= 0.3 is 0 Å². The van der Waals surface area contributed by atoms with Gasteiger partial charge in [0.25, 0.3) is 0 Å². The highest BCUT2D eigenvalue weighted by Crippen LogP contribution is 2.27. The lowest BCUT2D eigenvalue weighted by atomic mass is 9.87. The van der Waals surface area contributed by atoms with Gasteiger partial charge < -0.3 is 14.5 Å². The van der Waals surface area contributed by atoms with Gasteiger partial charge in [0.1, 0.15) is 0 Å². The summed E-state index contributed by atoms with van der Waals surface area (Å²) in [6.45, 7) is 8.51. The minimum Gasteiger partial charge on any atom is -0.377 e. The van der Waals surface area contributed by atoms with Crippen LogP contribution in [0.15, 0.2) is 0 Å². The molecule has 2 fully saturated rings. The van der Waals surface area contributed by atoms with Crippen molar-refractivity contribution in [1.29, 1.82) is 0 Å². The molecule has 2 rings (SSSR count). The van der Waals surface area contributed by atoms with Crippen molar-refractivity contribution >= 4 is 10.0 Å². The van der Waals surface area contributed by atoms with Gasteiger partial charge in [-0.3, -0.25) is 0 Å². The van der Waals surface area contributed by atoms with Gasteiger partial charge in [-0.1, -0.05) is 0 Å². The highest BCUT2D eigenvalue weighted by Gasteiger charge is 2.24. The molecular formula is C16H33N3O3S. The van der Waals surface area contributed by atoms with Gasteiger partial charge in [0, 0.05) is 39.3 Å². The molecule has 1 heterocycles. The molecule has 23 heavy (non-hydrogen) atoms. The normalized spacial score (nSPS) is 28.1. The Morgan fingerprint density at radius 3 is 2.35 bits per heavy atom. The van der Waals surface area contributed by atoms with Crippen molar-refractivity contribution in [2.24, 2.45) is 5.92 Å². The van der Waals surface area contributed by atoms with Gasteiger partial charge in [0.05, 0.1) is 18.5 Å². The largest absolute Gasteiger partial charge is 0.377 e. The molecule has 2 aliphatic rings. The molecule has 136 valence electrons. The van der Waals surface area contributed by atoms with E-state index in [4.69, 9.17) is 4.74 Å². The third-order valence-electron chi connectivity index (χ3n) is 5.06. The molecule has 0 aromatic carbocycles. The second kappa shape index (κ2) is 9.32. The Morgan fingerprint density at radius 2 is 1.74 bits per heavy atom. The third-order valence-corrected chi connectivity index (χ3v) is 6.47. The van der Waals surface area contributed by atoms with Crippen molar-refractivity contribution in [3.05, 3.63) is 0 Å². The topological polar surface area (TPSA) is 61.9 Å². The molecule has 1 aliphatic heterocycles. The minimum atomic E-state index is -3.09. The van der Waals surface area contributed by atoms with Crippen molar-refractivity contribution in [3.8, 4) is 0 Å². The summed E-state index contributed by atoms with van der Waals surface area (Å²) in [6.07, 6.45) is 5.00. The molecule has 6 nitrogen and oxygen atoms in total. The van der Waals surface area contributed by atoms with E-state index in [0.29, 0.717) is 19.3 Å². The van der Waals surface area contributed by atoms with E-state index in [9.17, 15) is 8.42 Å². The van der Waals surface area contributed by atoms with E-state index >= 15 is 0 Å². The SMILES string of the molecule is CCS(=O)(=O)NCCOC1CCC(CN2CCN(C)CC2)CC1. The first-order valence-electron chi connectivity index (χ1n) is 8.98. The number of sulfonamides is 1. The number of hydrogen-bond acceptors (Lipinski definition) is 5. The Balaban J connectivity index is 1.55. The number of piperazine rings is 1. The molecule has 0 spiro atoms. The van der Waals surface area contributed by atoms with Crippen LogP contribution in [0.3, 0.4) is 0 Å². The summed E-state index contributed by atoms with van der Waals surface area (Å²) in [6, 6.07) is 0. The minimum absolute atomic E-state index is 0.129. The van der Waals surface area contributed by atoms with Crippen LogP contribution in [0.5, 0.6) is 0 Å². The van der Waals surface area contributed by atoms with Crippen molar-refractivity contribution in [2.45, 2.75) is 38.7 Å². The van der Waals surface area contributed by atoms with Crippen LogP contribution in [-0.4, -0.2) is 83.0 Å². The summed E-state index contributed by atoms with van der Waals surface area (Å²) in [4.78, 5) is 5.00. The van der Waals surface area contributed by atoms with Crippen molar-refractivity contribution in [2.75, 3.05) is 58.7 Å². The Morgan fingerprint density at radius 1 is 1.09 bits per heavy atom. The summed E-state index contributed by atoms with van der Waals surface area (Å²) in [7, 11) is -0.896. The zero-order chi connectivity index (χ0) is 16.7. The lowest BCUT2D eigenvalue weighted by molar-refractivity contribution is 0.0149. The molecule has 1 N–H and O–H groups in total. The molecule has 1 aliphatic carbocycles. The second-order valence-electron chi connectivity index (χ2n) is 6.92. The molecule has 0 amide bonds. The van der Waals surface area contributed by atoms with Crippen molar-refractivity contribution < 1.29 is 13.2 Å². The maximum atomic E-state index is 11.3. The number of hydrogen-bond donors (Lipinski definition) is 1. The van der Waals surface area contributed by atoms with E-state index in [2.05, 4.69) is 21.6 Å². The predicted octanol–water partition coefficient (Wildman–Crippen LogP) is 0.749. The molecule has 7 heteroatoms. The van der Waals surface area contributed by atoms with Crippen LogP contribution in [0.1, 0.15) is 32.6 Å². The van der Waals surface area contributed by atoms with Crippen molar-refractivity contribution in [3.63, 3.8) is 0 Å². The number of likely N-dealkylation sites (N-methyl/N-ethyl adjacent to an activating group) is 1. The van der Waals surface area contributed by atoms with Gasteiger partial charge in [-0.25, -0.2) is 13.1 Å². The average molecular weight is 348 g/mol. The Labute approximate surface area is 141 Å². The maximum Gasteiger partial charge on any atom is 0.211 e. The number of nitrogens with one attached hydrogen (secondary N) is 1. The van der Waals surface area contributed by atoms with E-state index in [0.717, 1.165) is 18.8 Å². The van der Waals surface area contributed by atoms with E-state index in [1.807, 2.05) is 0 Å². The van der Waals surface area contributed by atoms with Crippen LogP contribution in [-0.2, 0) is 14.8 Å². The molecule has 0 radical (unpaired) electrons. The quantitative estimate of drug-likeness (QED) is 0.657. The third kappa shape index (κ3) is 7.05. The first-order valence-corrected chi connectivity index (χ1v) is 10.6. The van der Waals surface area contributed by atoms with Crippen LogP contribution in [0.25, 0.3) is 0 Å². The van der Waals surface area contributed by atoms with Crippen LogP contribution in [0.2, 0.25) is 0 Å². The highest BCUT2D eigenvalue weighted by molar-refractivity contribution is 7.89. The van der Waals surface area contributed by atoms with E-state index in [-0.39, 0.29) is 5.75 Å². The summed E-state index contributed by atoms with van der Waals surface area (Å²) in [5, 5.41) is 0. The number of ether oxygens (including phenoxy) is 1. The van der Waals surface area contributed by atoms with Crippen LogP contribution < -0.4 is 4.72 Å². The lowest BCUT2D eigenvalue weighted by Crippen LogP contribution is -2.46. The van der Waals surface area contributed by atoms with E-state index in [1.54, 1.807) is 6.92 Å². The van der Waals surface area contributed by atoms with Gasteiger partial charge in [-0.05, 0) is 45.6 Å². The first kappa shape index (κ1) is 19.1. The number of rotatable bonds is 8. The highest BCUT2D eigenvalue weighted by atomic mass is 32.2. The van der Waals surface area contributed by atoms with Gasteiger partial charge in [-0.2, -0.15) is 0 Å². The summed E-state index contributed by atoms with van der Waals surface area (Å²) in [5.74, 6) is 0.932. The zero-order valence-corrected chi connectivity index (χ0v) is 15.5. The van der Waals surface area contributed by atoms with Crippen LogP contribution in [0.4, 0.5) is 0 Å². The Kier molecular flexibility index (Phi) is 7.75. The molecule has 0 aromatic heterocycles. The number of nitrogens with zero attached hydrogens (tertiary/aromatic N) is 2. The van der Waals surface area contributed by atoms with E-state index < -0.39 is 10.0 Å². The predicted molar refractivity (Wildman–Crippen MR) is 93.1 cm³/mol. The molecule has 1 saturated heterocycles. The molecular weight excluding hydrogens is 314 g/mol. The Hall–Kier alpha value is -0.210. The van der Waals surface area contributed by atoms with Gasteiger partial charge in [0.15, 0.2) is 0 Å². The van der Waals surface area contributed by atoms with E-state index in [1.165, 1.54) is 45.6 Å². The molecule has 0 bridgehead atoms. The molecule has 1 saturated carbocycles. The monoisotopic (exact) mass is 347 g/mol. The standard InChI is InChI=1S/C16H33N3O3S/c1-3-23(20,21)17-8-13-22-16-6-4-15(5-7-16)14-19-11-9-18(2)10-12-19/h15-17H,3-14H2,1-2H3. The molecule has 0 atom stereocenters. The summed E-state index contributed by atoms with van der Waals surface area (Å²) < 4.78 is 31.0.